The van der Waals surface area contributed by atoms with E-state index in [1.54, 1.807) is 29.5 Å². The van der Waals surface area contributed by atoms with Gasteiger partial charge in [0.25, 0.3) is 11.1 Å². The van der Waals surface area contributed by atoms with Crippen molar-refractivity contribution in [2.24, 2.45) is 0 Å². The molecule has 0 saturated heterocycles. The smallest absolute Gasteiger partial charge is 0.277 e. The van der Waals surface area contributed by atoms with E-state index in [4.69, 9.17) is 32.4 Å². The SMILES string of the molecule is Cc1nc(C)c(-c2nnc(SCCOc3cc(Cl)ccc3Cl)o2)s1. The minimum absolute atomic E-state index is 0.446. The van der Waals surface area contributed by atoms with E-state index in [1.165, 1.54) is 11.8 Å². The van der Waals surface area contributed by atoms with E-state index in [9.17, 15) is 0 Å². The molecule has 126 valence electrons. The summed E-state index contributed by atoms with van der Waals surface area (Å²) in [5, 5.41) is 10.7. The number of rotatable bonds is 6. The lowest BCUT2D eigenvalue weighted by Gasteiger charge is -2.07. The molecule has 0 saturated carbocycles. The van der Waals surface area contributed by atoms with E-state index >= 15 is 0 Å². The Kier molecular flexibility index (Phi) is 5.65. The molecule has 24 heavy (non-hydrogen) atoms. The van der Waals surface area contributed by atoms with Crippen LogP contribution in [0.15, 0.2) is 27.8 Å². The van der Waals surface area contributed by atoms with Gasteiger partial charge in [-0.05, 0) is 26.0 Å². The summed E-state index contributed by atoms with van der Waals surface area (Å²) in [5.41, 5.74) is 0.900. The first kappa shape index (κ1) is 17.5. The highest BCUT2D eigenvalue weighted by Crippen LogP contribution is 2.31. The van der Waals surface area contributed by atoms with E-state index < -0.39 is 0 Å². The Morgan fingerprint density at radius 3 is 2.83 bits per heavy atom. The van der Waals surface area contributed by atoms with Gasteiger partial charge >= 0.3 is 0 Å². The summed E-state index contributed by atoms with van der Waals surface area (Å²) >= 11 is 14.9. The van der Waals surface area contributed by atoms with Crippen molar-refractivity contribution in [2.45, 2.75) is 19.1 Å². The number of hydrogen-bond acceptors (Lipinski definition) is 7. The quantitative estimate of drug-likeness (QED) is 0.413. The van der Waals surface area contributed by atoms with Crippen LogP contribution in [0.2, 0.25) is 10.0 Å². The van der Waals surface area contributed by atoms with Crippen LogP contribution >= 0.6 is 46.3 Å². The Hall–Kier alpha value is -1.28. The van der Waals surface area contributed by atoms with Crippen LogP contribution in [-0.2, 0) is 0 Å². The number of aryl methyl sites for hydroxylation is 2. The van der Waals surface area contributed by atoms with Crippen LogP contribution in [0.5, 0.6) is 5.75 Å². The van der Waals surface area contributed by atoms with Crippen molar-refractivity contribution in [3.63, 3.8) is 0 Å². The molecule has 2 aromatic heterocycles. The molecule has 2 heterocycles. The van der Waals surface area contributed by atoms with E-state index in [0.717, 1.165) is 15.6 Å². The second kappa shape index (κ2) is 7.74. The van der Waals surface area contributed by atoms with Gasteiger partial charge in [0.15, 0.2) is 0 Å². The highest BCUT2D eigenvalue weighted by molar-refractivity contribution is 7.99. The van der Waals surface area contributed by atoms with Gasteiger partial charge < -0.3 is 9.15 Å². The zero-order valence-electron chi connectivity index (χ0n) is 12.9. The van der Waals surface area contributed by atoms with Crippen molar-refractivity contribution in [3.8, 4) is 16.5 Å². The predicted molar refractivity (Wildman–Crippen MR) is 97.6 cm³/mol. The van der Waals surface area contributed by atoms with Crippen molar-refractivity contribution in [3.05, 3.63) is 38.9 Å². The highest BCUT2D eigenvalue weighted by atomic mass is 35.5. The highest BCUT2D eigenvalue weighted by Gasteiger charge is 2.15. The van der Waals surface area contributed by atoms with Gasteiger partial charge in [-0.3, -0.25) is 0 Å². The van der Waals surface area contributed by atoms with Crippen LogP contribution in [0.4, 0.5) is 0 Å². The summed E-state index contributed by atoms with van der Waals surface area (Å²) in [6.07, 6.45) is 0. The van der Waals surface area contributed by atoms with E-state index in [2.05, 4.69) is 15.2 Å². The van der Waals surface area contributed by atoms with Crippen LogP contribution in [0.25, 0.3) is 10.8 Å². The number of thiazole rings is 1. The first-order valence-corrected chi connectivity index (χ1v) is 9.57. The molecule has 0 amide bonds. The molecule has 0 aliphatic carbocycles. The number of thioether (sulfide) groups is 1. The first-order valence-electron chi connectivity index (χ1n) is 7.01. The molecule has 1 aromatic carbocycles. The van der Waals surface area contributed by atoms with Gasteiger partial charge in [-0.1, -0.05) is 35.0 Å². The number of ether oxygens (including phenoxy) is 1. The fourth-order valence-corrected chi connectivity index (χ4v) is 3.71. The van der Waals surface area contributed by atoms with Crippen LogP contribution in [-0.4, -0.2) is 27.5 Å². The van der Waals surface area contributed by atoms with Crippen LogP contribution in [0, 0.1) is 13.8 Å². The molecule has 0 spiro atoms. The molecule has 0 atom stereocenters. The Morgan fingerprint density at radius 1 is 1.25 bits per heavy atom. The third-order valence-electron chi connectivity index (χ3n) is 2.96. The van der Waals surface area contributed by atoms with Crippen molar-refractivity contribution < 1.29 is 9.15 Å². The Bertz CT molecular complexity index is 851. The average Bonchev–Trinajstić information content (AvgIpc) is 3.13. The van der Waals surface area contributed by atoms with Crippen LogP contribution in [0.3, 0.4) is 0 Å². The van der Waals surface area contributed by atoms with E-state index in [1.807, 2.05) is 13.8 Å². The maximum absolute atomic E-state index is 6.04. The lowest BCUT2D eigenvalue weighted by molar-refractivity contribution is 0.343. The third-order valence-corrected chi connectivity index (χ3v) is 5.35. The molecule has 0 unspecified atom stereocenters. The molecular formula is C15H13Cl2N3O2S2. The fraction of sp³-hybridized carbons (Fsp3) is 0.267. The predicted octanol–water partition coefficient (Wildman–Crippen LogP) is 5.29. The van der Waals surface area contributed by atoms with E-state index in [-0.39, 0.29) is 0 Å². The standard InChI is InChI=1S/C15H13Cl2N3O2S2/c1-8-13(24-9(2)18-8)14-19-20-15(22-14)23-6-5-21-12-7-10(16)3-4-11(12)17/h3-4,7H,5-6H2,1-2H3. The van der Waals surface area contributed by atoms with Gasteiger partial charge in [0.1, 0.15) is 10.6 Å². The lowest BCUT2D eigenvalue weighted by atomic mass is 10.3. The summed E-state index contributed by atoms with van der Waals surface area (Å²) in [6.45, 7) is 4.32. The fourth-order valence-electron chi connectivity index (χ4n) is 1.96. The van der Waals surface area contributed by atoms with Gasteiger partial charge in [-0.15, -0.1) is 21.5 Å². The molecule has 0 N–H and O–H groups in total. The number of hydrogen-bond donors (Lipinski definition) is 0. The monoisotopic (exact) mass is 401 g/mol. The van der Waals surface area contributed by atoms with Gasteiger partial charge in [-0.2, -0.15) is 0 Å². The van der Waals surface area contributed by atoms with E-state index in [0.29, 0.717) is 39.3 Å². The minimum atomic E-state index is 0.446. The largest absolute Gasteiger partial charge is 0.491 e. The van der Waals surface area contributed by atoms with Crippen LogP contribution in [0.1, 0.15) is 10.7 Å². The molecule has 9 heteroatoms. The molecule has 0 aliphatic rings. The zero-order valence-corrected chi connectivity index (χ0v) is 16.0. The van der Waals surface area contributed by atoms with Crippen molar-refractivity contribution in [2.75, 3.05) is 12.4 Å². The number of halogens is 2. The normalized spacial score (nSPS) is 11.0. The molecule has 0 aliphatic heterocycles. The number of benzene rings is 1. The Morgan fingerprint density at radius 2 is 2.08 bits per heavy atom. The molecule has 0 bridgehead atoms. The maximum Gasteiger partial charge on any atom is 0.277 e. The summed E-state index contributed by atoms with van der Waals surface area (Å²) in [5.74, 6) is 1.71. The van der Waals surface area contributed by atoms with Crippen molar-refractivity contribution in [1.29, 1.82) is 0 Å². The average molecular weight is 402 g/mol. The van der Waals surface area contributed by atoms with Gasteiger partial charge in [0.2, 0.25) is 0 Å². The maximum atomic E-state index is 6.04. The second-order valence-corrected chi connectivity index (χ2v) is 7.89. The first-order chi connectivity index (χ1) is 11.5. The third kappa shape index (κ3) is 4.22. The molecule has 5 nitrogen and oxygen atoms in total. The number of aromatic nitrogens is 3. The van der Waals surface area contributed by atoms with Gasteiger partial charge in [0.05, 0.1) is 22.3 Å². The summed E-state index contributed by atoms with van der Waals surface area (Å²) in [4.78, 5) is 5.27. The number of nitrogens with zero attached hydrogens (tertiary/aromatic N) is 3. The molecule has 0 fully saturated rings. The van der Waals surface area contributed by atoms with Crippen molar-refractivity contribution >= 4 is 46.3 Å². The second-order valence-electron chi connectivity index (χ2n) is 4.79. The molecule has 0 radical (unpaired) electrons. The molecule has 3 rings (SSSR count). The van der Waals surface area contributed by atoms with Gasteiger partial charge in [-0.25, -0.2) is 4.98 Å². The topological polar surface area (TPSA) is 61.0 Å². The molecule has 3 aromatic rings. The summed E-state index contributed by atoms with van der Waals surface area (Å²) in [7, 11) is 0. The molecular weight excluding hydrogens is 389 g/mol. The summed E-state index contributed by atoms with van der Waals surface area (Å²) < 4.78 is 11.3. The Labute approximate surface area is 157 Å². The zero-order chi connectivity index (χ0) is 17.1. The summed E-state index contributed by atoms with van der Waals surface area (Å²) in [6, 6.07) is 5.11. The Balaban J connectivity index is 1.54. The van der Waals surface area contributed by atoms with Crippen molar-refractivity contribution in [1.82, 2.24) is 15.2 Å². The van der Waals surface area contributed by atoms with Gasteiger partial charge in [0, 0.05) is 16.8 Å². The van der Waals surface area contributed by atoms with Crippen LogP contribution < -0.4 is 4.74 Å². The minimum Gasteiger partial charge on any atom is -0.491 e. The lowest BCUT2D eigenvalue weighted by Crippen LogP contribution is -2.00.